The highest BCUT2D eigenvalue weighted by Gasteiger charge is 2.35. The fraction of sp³-hybridized carbons (Fsp3) is 0.417. The first-order chi connectivity index (χ1) is 7.93. The van der Waals surface area contributed by atoms with E-state index >= 15 is 0 Å². The van der Waals surface area contributed by atoms with Gasteiger partial charge in [0.15, 0.2) is 0 Å². The van der Waals surface area contributed by atoms with Gasteiger partial charge >= 0.3 is 5.97 Å². The number of phenols is 2. The first-order valence-corrected chi connectivity index (χ1v) is 5.33. The van der Waals surface area contributed by atoms with Crippen LogP contribution in [0.25, 0.3) is 0 Å². The van der Waals surface area contributed by atoms with E-state index in [1.165, 1.54) is 18.2 Å². The van der Waals surface area contributed by atoms with E-state index in [2.05, 4.69) is 5.32 Å². The number of esters is 1. The lowest BCUT2D eigenvalue weighted by Crippen LogP contribution is -2.45. The van der Waals surface area contributed by atoms with Gasteiger partial charge in [0.25, 0.3) is 0 Å². The first-order valence-electron chi connectivity index (χ1n) is 5.33. The van der Waals surface area contributed by atoms with Crippen molar-refractivity contribution >= 4 is 5.97 Å². The van der Waals surface area contributed by atoms with Crippen LogP contribution in [-0.2, 0) is 15.1 Å². The van der Waals surface area contributed by atoms with Crippen LogP contribution >= 0.6 is 0 Å². The van der Waals surface area contributed by atoms with Crippen LogP contribution in [0.2, 0.25) is 0 Å². The summed E-state index contributed by atoms with van der Waals surface area (Å²) < 4.78 is 4.97. The van der Waals surface area contributed by atoms with Crippen LogP contribution in [0.1, 0.15) is 19.4 Å². The second-order valence-electron chi connectivity index (χ2n) is 3.83. The highest BCUT2D eigenvalue weighted by molar-refractivity contribution is 5.82. The van der Waals surface area contributed by atoms with Crippen molar-refractivity contribution in [2.24, 2.45) is 0 Å². The molecule has 0 aliphatic carbocycles. The summed E-state index contributed by atoms with van der Waals surface area (Å²) >= 11 is 0. The van der Waals surface area contributed by atoms with E-state index in [0.29, 0.717) is 5.56 Å². The minimum atomic E-state index is -1.10. The summed E-state index contributed by atoms with van der Waals surface area (Å²) in [5, 5.41) is 21.7. The molecule has 0 saturated heterocycles. The number of rotatable bonds is 4. The third kappa shape index (κ3) is 2.68. The quantitative estimate of drug-likeness (QED) is 0.686. The number of hydrogen-bond donors (Lipinski definition) is 3. The number of carbonyl (C=O) groups excluding carboxylic acids is 1. The SMILES string of the molecule is CCOC(=O)C(C)(NC)c1cc(O)cc(O)c1. The van der Waals surface area contributed by atoms with Crippen LogP contribution in [-0.4, -0.2) is 29.8 Å². The number of ether oxygens (including phenoxy) is 1. The molecule has 0 heterocycles. The summed E-state index contributed by atoms with van der Waals surface area (Å²) in [7, 11) is 1.61. The minimum Gasteiger partial charge on any atom is -0.508 e. The summed E-state index contributed by atoms with van der Waals surface area (Å²) in [5.74, 6) is -0.677. The predicted molar refractivity (Wildman–Crippen MR) is 62.8 cm³/mol. The van der Waals surface area contributed by atoms with E-state index in [4.69, 9.17) is 4.74 Å². The van der Waals surface area contributed by atoms with Crippen molar-refractivity contribution in [3.05, 3.63) is 23.8 Å². The van der Waals surface area contributed by atoms with Gasteiger partial charge in [-0.15, -0.1) is 0 Å². The Labute approximate surface area is 100 Å². The Kier molecular flexibility index (Phi) is 3.96. The van der Waals surface area contributed by atoms with Gasteiger partial charge in [0.1, 0.15) is 17.0 Å². The minimum absolute atomic E-state index is 0.106. The molecule has 17 heavy (non-hydrogen) atoms. The lowest BCUT2D eigenvalue weighted by Gasteiger charge is -2.27. The fourth-order valence-corrected chi connectivity index (χ4v) is 1.52. The van der Waals surface area contributed by atoms with E-state index in [9.17, 15) is 15.0 Å². The van der Waals surface area contributed by atoms with Crippen molar-refractivity contribution in [1.29, 1.82) is 0 Å². The Morgan fingerprint density at radius 1 is 1.35 bits per heavy atom. The van der Waals surface area contributed by atoms with Crippen LogP contribution < -0.4 is 5.32 Å². The van der Waals surface area contributed by atoms with Gasteiger partial charge in [-0.2, -0.15) is 0 Å². The second-order valence-corrected chi connectivity index (χ2v) is 3.83. The van der Waals surface area contributed by atoms with Gasteiger partial charge < -0.3 is 20.3 Å². The molecular formula is C12H17NO4. The number of aromatic hydroxyl groups is 2. The largest absolute Gasteiger partial charge is 0.508 e. The van der Waals surface area contributed by atoms with Gasteiger partial charge in [-0.05, 0) is 38.6 Å². The van der Waals surface area contributed by atoms with Crippen molar-refractivity contribution in [3.63, 3.8) is 0 Å². The standard InChI is InChI=1S/C12H17NO4/c1-4-17-11(16)12(2,13-3)8-5-9(14)7-10(15)6-8/h5-7,13-15H,4H2,1-3H3. The summed E-state index contributed by atoms with van der Waals surface area (Å²) in [6, 6.07) is 4.02. The third-order valence-corrected chi connectivity index (χ3v) is 2.66. The number of likely N-dealkylation sites (N-methyl/N-ethyl adjacent to an activating group) is 1. The Morgan fingerprint density at radius 3 is 2.29 bits per heavy atom. The molecule has 5 nitrogen and oxygen atoms in total. The lowest BCUT2D eigenvalue weighted by molar-refractivity contribution is -0.150. The molecule has 1 rings (SSSR count). The Bertz CT molecular complexity index is 399. The smallest absolute Gasteiger partial charge is 0.330 e. The topological polar surface area (TPSA) is 78.8 Å². The van der Waals surface area contributed by atoms with E-state index in [1.807, 2.05) is 0 Å². The molecule has 0 aliphatic heterocycles. The van der Waals surface area contributed by atoms with Gasteiger partial charge in [0.05, 0.1) is 6.61 Å². The van der Waals surface area contributed by atoms with Gasteiger partial charge in [0.2, 0.25) is 0 Å². The van der Waals surface area contributed by atoms with Gasteiger partial charge in [-0.25, -0.2) is 4.79 Å². The van der Waals surface area contributed by atoms with Crippen LogP contribution in [0.3, 0.4) is 0 Å². The molecule has 5 heteroatoms. The van der Waals surface area contributed by atoms with E-state index in [1.54, 1.807) is 20.9 Å². The maximum Gasteiger partial charge on any atom is 0.330 e. The van der Waals surface area contributed by atoms with Crippen LogP contribution in [0.5, 0.6) is 11.5 Å². The number of phenolic OH excluding ortho intramolecular Hbond substituents is 2. The van der Waals surface area contributed by atoms with E-state index in [-0.39, 0.29) is 18.1 Å². The number of carbonyl (C=O) groups is 1. The molecule has 1 aromatic rings. The predicted octanol–water partition coefficient (Wildman–Crippen LogP) is 1.10. The molecule has 94 valence electrons. The number of benzene rings is 1. The Balaban J connectivity index is 3.19. The lowest BCUT2D eigenvalue weighted by atomic mass is 9.92. The Morgan fingerprint density at radius 2 is 1.88 bits per heavy atom. The zero-order valence-electron chi connectivity index (χ0n) is 10.2. The van der Waals surface area contributed by atoms with Crippen LogP contribution in [0.15, 0.2) is 18.2 Å². The molecule has 0 radical (unpaired) electrons. The van der Waals surface area contributed by atoms with Crippen molar-refractivity contribution < 1.29 is 19.7 Å². The molecule has 0 aliphatic rings. The van der Waals surface area contributed by atoms with Crippen molar-refractivity contribution in [3.8, 4) is 11.5 Å². The van der Waals surface area contributed by atoms with Gasteiger partial charge in [-0.3, -0.25) is 0 Å². The van der Waals surface area contributed by atoms with Crippen LogP contribution in [0, 0.1) is 0 Å². The van der Waals surface area contributed by atoms with Crippen LogP contribution in [0.4, 0.5) is 0 Å². The molecule has 1 aromatic carbocycles. The fourth-order valence-electron chi connectivity index (χ4n) is 1.52. The van der Waals surface area contributed by atoms with E-state index < -0.39 is 11.5 Å². The highest BCUT2D eigenvalue weighted by Crippen LogP contribution is 2.29. The highest BCUT2D eigenvalue weighted by atomic mass is 16.5. The summed E-state index contributed by atoms with van der Waals surface area (Å²) in [5.41, 5.74) is -0.664. The van der Waals surface area contributed by atoms with Crippen molar-refractivity contribution in [2.45, 2.75) is 19.4 Å². The number of nitrogens with one attached hydrogen (secondary N) is 1. The average Bonchev–Trinajstić information content (AvgIpc) is 2.26. The second kappa shape index (κ2) is 5.05. The summed E-state index contributed by atoms with van der Waals surface area (Å²) in [4.78, 5) is 11.9. The zero-order valence-corrected chi connectivity index (χ0v) is 10.2. The Hall–Kier alpha value is -1.75. The molecule has 1 atom stereocenters. The summed E-state index contributed by atoms with van der Waals surface area (Å²) in [6.07, 6.45) is 0. The molecule has 0 fully saturated rings. The van der Waals surface area contributed by atoms with Crippen molar-refractivity contribution in [2.75, 3.05) is 13.7 Å². The molecule has 0 spiro atoms. The molecule has 0 amide bonds. The van der Waals surface area contributed by atoms with E-state index in [0.717, 1.165) is 0 Å². The maximum atomic E-state index is 11.9. The zero-order chi connectivity index (χ0) is 13.1. The molecule has 3 N–H and O–H groups in total. The molecule has 0 saturated carbocycles. The summed E-state index contributed by atoms with van der Waals surface area (Å²) in [6.45, 7) is 3.61. The molecule has 1 unspecified atom stereocenters. The number of hydrogen-bond acceptors (Lipinski definition) is 5. The third-order valence-electron chi connectivity index (χ3n) is 2.66. The molecular weight excluding hydrogens is 222 g/mol. The maximum absolute atomic E-state index is 11.9. The molecule has 0 bridgehead atoms. The van der Waals surface area contributed by atoms with Crippen molar-refractivity contribution in [1.82, 2.24) is 5.32 Å². The van der Waals surface area contributed by atoms with Gasteiger partial charge in [-0.1, -0.05) is 0 Å². The normalized spacial score (nSPS) is 14.1. The average molecular weight is 239 g/mol. The monoisotopic (exact) mass is 239 g/mol. The molecule has 0 aromatic heterocycles. The first kappa shape index (κ1) is 13.3. The van der Waals surface area contributed by atoms with Gasteiger partial charge in [0, 0.05) is 6.07 Å².